The molecule has 64 heavy (non-hydrogen) atoms. The van der Waals surface area contributed by atoms with Crippen LogP contribution in [0.25, 0.3) is 112 Å². The van der Waals surface area contributed by atoms with Crippen molar-refractivity contribution in [2.45, 2.75) is 19.3 Å². The van der Waals surface area contributed by atoms with Crippen LogP contribution in [-0.2, 0) is 5.41 Å². The molecule has 2 heterocycles. The van der Waals surface area contributed by atoms with E-state index in [1.165, 1.54) is 38.9 Å². The van der Waals surface area contributed by atoms with Gasteiger partial charge in [0.25, 0.3) is 0 Å². The third-order valence-electron chi connectivity index (χ3n) is 12.9. The fourth-order valence-corrected chi connectivity index (χ4v) is 9.85. The van der Waals surface area contributed by atoms with Gasteiger partial charge in [0, 0.05) is 32.9 Å². The molecule has 4 nitrogen and oxygen atoms in total. The number of hydrogen-bond acceptors (Lipinski definition) is 4. The lowest BCUT2D eigenvalue weighted by Gasteiger charge is -2.24. The number of hydrogen-bond donors (Lipinski definition) is 0. The number of rotatable bonds is 7. The summed E-state index contributed by atoms with van der Waals surface area (Å²) in [6.07, 6.45) is 0. The van der Waals surface area contributed by atoms with Gasteiger partial charge in [0.1, 0.15) is 11.2 Å². The van der Waals surface area contributed by atoms with Crippen LogP contribution in [0.3, 0.4) is 0 Å². The van der Waals surface area contributed by atoms with Crippen LogP contribution in [0.1, 0.15) is 25.0 Å². The molecule has 0 saturated heterocycles. The SMILES string of the molecule is CC1(C)c2ccccc2-c2cccc(-c3cccc(-c4nc(-c5ccccc5)nc(-c5ccc6c(c5)oc5cccc(-c7cc(-c8ccccc8)cc(-c8ccccc8)c7)c56)n4)c3)c21. The van der Waals surface area contributed by atoms with Gasteiger partial charge >= 0.3 is 0 Å². The summed E-state index contributed by atoms with van der Waals surface area (Å²) in [5, 5.41) is 2.11. The second-order valence-corrected chi connectivity index (χ2v) is 17.2. The zero-order valence-corrected chi connectivity index (χ0v) is 35.5. The van der Waals surface area contributed by atoms with Crippen molar-refractivity contribution < 1.29 is 4.42 Å². The van der Waals surface area contributed by atoms with Gasteiger partial charge in [0.2, 0.25) is 0 Å². The minimum absolute atomic E-state index is 0.146. The van der Waals surface area contributed by atoms with E-state index in [9.17, 15) is 0 Å². The summed E-state index contributed by atoms with van der Waals surface area (Å²) in [6.45, 7) is 4.67. The molecule has 0 spiro atoms. The van der Waals surface area contributed by atoms with Crippen LogP contribution in [0.4, 0.5) is 0 Å². The molecule has 9 aromatic carbocycles. The maximum atomic E-state index is 6.71. The summed E-state index contributed by atoms with van der Waals surface area (Å²) in [5.74, 6) is 1.81. The van der Waals surface area contributed by atoms with Gasteiger partial charge in [-0.25, -0.2) is 15.0 Å². The predicted octanol–water partition coefficient (Wildman–Crippen LogP) is 15.7. The Balaban J connectivity index is 0.980. The van der Waals surface area contributed by atoms with E-state index in [4.69, 9.17) is 19.4 Å². The number of aromatic nitrogens is 3. The van der Waals surface area contributed by atoms with E-state index in [0.29, 0.717) is 17.5 Å². The third-order valence-corrected chi connectivity index (χ3v) is 12.9. The molecule has 12 rings (SSSR count). The van der Waals surface area contributed by atoms with E-state index < -0.39 is 0 Å². The van der Waals surface area contributed by atoms with Gasteiger partial charge in [0.15, 0.2) is 17.5 Å². The van der Waals surface area contributed by atoms with Gasteiger partial charge in [-0.1, -0.05) is 184 Å². The van der Waals surface area contributed by atoms with Gasteiger partial charge < -0.3 is 4.42 Å². The molecule has 0 N–H and O–H groups in total. The minimum Gasteiger partial charge on any atom is -0.456 e. The molecule has 0 radical (unpaired) electrons. The normalized spacial score (nSPS) is 12.7. The lowest BCUT2D eigenvalue weighted by Crippen LogP contribution is -2.16. The monoisotopic (exact) mass is 819 g/mol. The van der Waals surface area contributed by atoms with Crippen LogP contribution in [-0.4, -0.2) is 15.0 Å². The Morgan fingerprint density at radius 1 is 0.328 bits per heavy atom. The molecular weight excluding hydrogens is 779 g/mol. The summed E-state index contributed by atoms with van der Waals surface area (Å²) < 4.78 is 6.71. The number of furan rings is 1. The first-order chi connectivity index (χ1) is 31.5. The van der Waals surface area contributed by atoms with E-state index in [2.05, 4.69) is 196 Å². The zero-order valence-electron chi connectivity index (χ0n) is 35.5. The zero-order chi connectivity index (χ0) is 42.8. The molecular formula is C60H41N3O. The molecule has 11 aromatic rings. The van der Waals surface area contributed by atoms with Crippen LogP contribution in [0, 0.1) is 0 Å². The van der Waals surface area contributed by atoms with Crippen molar-refractivity contribution >= 4 is 21.9 Å². The van der Waals surface area contributed by atoms with E-state index >= 15 is 0 Å². The average Bonchev–Trinajstić information content (AvgIpc) is 3.86. The molecule has 0 bridgehead atoms. The highest BCUT2D eigenvalue weighted by atomic mass is 16.3. The molecule has 0 atom stereocenters. The number of benzene rings is 9. The maximum Gasteiger partial charge on any atom is 0.164 e. The van der Waals surface area contributed by atoms with Crippen molar-refractivity contribution in [2.75, 3.05) is 0 Å². The summed E-state index contributed by atoms with van der Waals surface area (Å²) in [7, 11) is 0. The van der Waals surface area contributed by atoms with E-state index in [-0.39, 0.29) is 5.41 Å². The van der Waals surface area contributed by atoms with Crippen molar-refractivity contribution in [3.05, 3.63) is 223 Å². The Hall–Kier alpha value is -8.21. The van der Waals surface area contributed by atoms with Gasteiger partial charge in [-0.3, -0.25) is 0 Å². The Bertz CT molecular complexity index is 3510. The van der Waals surface area contributed by atoms with Crippen molar-refractivity contribution in [3.8, 4) is 89.8 Å². The lowest BCUT2D eigenvalue weighted by molar-refractivity contribution is 0.662. The second-order valence-electron chi connectivity index (χ2n) is 17.2. The van der Waals surface area contributed by atoms with Crippen molar-refractivity contribution in [1.82, 2.24) is 15.0 Å². The van der Waals surface area contributed by atoms with Crippen LogP contribution in [0.2, 0.25) is 0 Å². The van der Waals surface area contributed by atoms with Crippen LogP contribution in [0.15, 0.2) is 217 Å². The summed E-state index contributed by atoms with van der Waals surface area (Å²) in [5.41, 5.74) is 18.7. The molecule has 0 saturated carbocycles. The third kappa shape index (κ3) is 6.34. The molecule has 2 aromatic heterocycles. The number of fused-ring (bicyclic) bond motifs is 6. The highest BCUT2D eigenvalue weighted by Gasteiger charge is 2.37. The van der Waals surface area contributed by atoms with Gasteiger partial charge in [-0.2, -0.15) is 0 Å². The first-order valence-corrected chi connectivity index (χ1v) is 21.8. The van der Waals surface area contributed by atoms with Gasteiger partial charge in [0.05, 0.1) is 0 Å². The highest BCUT2D eigenvalue weighted by Crippen LogP contribution is 2.52. The van der Waals surface area contributed by atoms with E-state index in [1.807, 2.05) is 30.3 Å². The van der Waals surface area contributed by atoms with Crippen molar-refractivity contribution in [1.29, 1.82) is 0 Å². The predicted molar refractivity (Wildman–Crippen MR) is 263 cm³/mol. The molecule has 1 aliphatic rings. The molecule has 4 heteroatoms. The minimum atomic E-state index is -0.146. The average molecular weight is 820 g/mol. The highest BCUT2D eigenvalue weighted by molar-refractivity contribution is 6.13. The Kier molecular flexibility index (Phi) is 8.80. The standard InChI is InChI=1S/C60H41N3O/c1-60(2)52-29-13-12-25-49(52)50-28-15-27-48(56(50)60)41-23-14-24-42(33-41)58-61-57(40-21-10-5-11-22-40)62-59(63-58)43-31-32-51-54(37-43)64-53-30-16-26-47(55(51)53)46-35-44(38-17-6-3-7-18-38)34-45(36-46)39-19-8-4-9-20-39/h3-37H,1-2H3. The van der Waals surface area contributed by atoms with Gasteiger partial charge in [-0.05, 0) is 109 Å². The molecule has 0 aliphatic heterocycles. The molecule has 0 fully saturated rings. The van der Waals surface area contributed by atoms with E-state index in [0.717, 1.165) is 66.4 Å². The summed E-state index contributed by atoms with van der Waals surface area (Å²) >= 11 is 0. The lowest BCUT2D eigenvalue weighted by atomic mass is 9.79. The summed E-state index contributed by atoms with van der Waals surface area (Å²) in [6, 6.07) is 75.0. The fourth-order valence-electron chi connectivity index (χ4n) is 9.85. The van der Waals surface area contributed by atoms with Crippen LogP contribution in [0.5, 0.6) is 0 Å². The van der Waals surface area contributed by atoms with Crippen LogP contribution < -0.4 is 0 Å². The number of nitrogens with zero attached hydrogens (tertiary/aromatic N) is 3. The quantitative estimate of drug-likeness (QED) is 0.161. The molecule has 302 valence electrons. The molecule has 0 unspecified atom stereocenters. The topological polar surface area (TPSA) is 51.8 Å². The largest absolute Gasteiger partial charge is 0.456 e. The van der Waals surface area contributed by atoms with Crippen molar-refractivity contribution in [3.63, 3.8) is 0 Å². The molecule has 0 amide bonds. The Morgan fingerprint density at radius 3 is 1.52 bits per heavy atom. The van der Waals surface area contributed by atoms with Gasteiger partial charge in [-0.15, -0.1) is 0 Å². The first kappa shape index (κ1) is 37.5. The Labute approximate surface area is 372 Å². The fraction of sp³-hybridized carbons (Fsp3) is 0.0500. The van der Waals surface area contributed by atoms with Crippen molar-refractivity contribution in [2.24, 2.45) is 0 Å². The van der Waals surface area contributed by atoms with E-state index in [1.54, 1.807) is 0 Å². The maximum absolute atomic E-state index is 6.71. The second kappa shape index (κ2) is 15.0. The molecule has 1 aliphatic carbocycles. The first-order valence-electron chi connectivity index (χ1n) is 21.8. The Morgan fingerprint density at radius 2 is 0.812 bits per heavy atom. The van der Waals surface area contributed by atoms with Crippen LogP contribution >= 0.6 is 0 Å². The smallest absolute Gasteiger partial charge is 0.164 e. The summed E-state index contributed by atoms with van der Waals surface area (Å²) in [4.78, 5) is 15.4.